The molecule has 74 valence electrons. The first-order valence-electron chi connectivity index (χ1n) is 4.76. The standard InChI is InChI=1S/C10H17NO2/c1-12-9(8-11)10(13-2)6-4-3-5-7-10/h9H,3-7H2,1-2H3. The van der Waals surface area contributed by atoms with Crippen LogP contribution in [0, 0.1) is 11.3 Å². The fourth-order valence-electron chi connectivity index (χ4n) is 2.11. The third kappa shape index (κ3) is 2.01. The summed E-state index contributed by atoms with van der Waals surface area (Å²) < 4.78 is 10.6. The molecule has 1 unspecified atom stereocenters. The second-order valence-electron chi connectivity index (χ2n) is 3.57. The SMILES string of the molecule is COC(C#N)C1(OC)CCCCC1. The lowest BCUT2D eigenvalue weighted by atomic mass is 9.81. The molecule has 0 heterocycles. The van der Waals surface area contributed by atoms with Crippen molar-refractivity contribution in [3.63, 3.8) is 0 Å². The molecule has 0 bridgehead atoms. The van der Waals surface area contributed by atoms with Crippen molar-refractivity contribution in [1.29, 1.82) is 5.26 Å². The maximum Gasteiger partial charge on any atom is 0.172 e. The van der Waals surface area contributed by atoms with Crippen molar-refractivity contribution in [1.82, 2.24) is 0 Å². The van der Waals surface area contributed by atoms with Crippen LogP contribution in [0.1, 0.15) is 32.1 Å². The Morgan fingerprint density at radius 3 is 2.23 bits per heavy atom. The van der Waals surface area contributed by atoms with E-state index in [2.05, 4.69) is 6.07 Å². The van der Waals surface area contributed by atoms with Gasteiger partial charge in [0.25, 0.3) is 0 Å². The van der Waals surface area contributed by atoms with Crippen LogP contribution in [0.5, 0.6) is 0 Å². The number of nitrogens with zero attached hydrogens (tertiary/aromatic N) is 1. The summed E-state index contributed by atoms with van der Waals surface area (Å²) in [6.45, 7) is 0. The van der Waals surface area contributed by atoms with Gasteiger partial charge in [0, 0.05) is 14.2 Å². The highest BCUT2D eigenvalue weighted by Gasteiger charge is 2.40. The first kappa shape index (κ1) is 10.5. The summed E-state index contributed by atoms with van der Waals surface area (Å²) in [5, 5.41) is 8.92. The molecule has 3 nitrogen and oxygen atoms in total. The van der Waals surface area contributed by atoms with Crippen molar-refractivity contribution >= 4 is 0 Å². The molecule has 1 fully saturated rings. The summed E-state index contributed by atoms with van der Waals surface area (Å²) in [6.07, 6.45) is 4.97. The zero-order valence-electron chi connectivity index (χ0n) is 8.38. The van der Waals surface area contributed by atoms with Crippen LogP contribution in [0.3, 0.4) is 0 Å². The van der Waals surface area contributed by atoms with Crippen LogP contribution in [0.25, 0.3) is 0 Å². The van der Waals surface area contributed by atoms with Gasteiger partial charge in [-0.3, -0.25) is 0 Å². The topological polar surface area (TPSA) is 42.2 Å². The second-order valence-corrected chi connectivity index (χ2v) is 3.57. The van der Waals surface area contributed by atoms with Gasteiger partial charge in [0.15, 0.2) is 6.10 Å². The number of hydrogen-bond donors (Lipinski definition) is 0. The van der Waals surface area contributed by atoms with E-state index in [9.17, 15) is 0 Å². The largest absolute Gasteiger partial charge is 0.374 e. The zero-order valence-corrected chi connectivity index (χ0v) is 8.38. The monoisotopic (exact) mass is 183 g/mol. The molecule has 0 aromatic rings. The number of rotatable bonds is 3. The van der Waals surface area contributed by atoms with Gasteiger partial charge in [-0.1, -0.05) is 19.3 Å². The molecule has 1 aliphatic carbocycles. The smallest absolute Gasteiger partial charge is 0.172 e. The third-order valence-electron chi connectivity index (χ3n) is 2.94. The highest BCUT2D eigenvalue weighted by molar-refractivity contribution is 5.03. The lowest BCUT2D eigenvalue weighted by Crippen LogP contribution is -2.46. The van der Waals surface area contributed by atoms with E-state index >= 15 is 0 Å². The third-order valence-corrected chi connectivity index (χ3v) is 2.94. The molecule has 0 aromatic heterocycles. The summed E-state index contributed by atoms with van der Waals surface area (Å²) in [7, 11) is 3.25. The Morgan fingerprint density at radius 2 is 1.85 bits per heavy atom. The van der Waals surface area contributed by atoms with Gasteiger partial charge < -0.3 is 9.47 Å². The van der Waals surface area contributed by atoms with E-state index in [0.29, 0.717) is 0 Å². The number of nitriles is 1. The number of hydrogen-bond acceptors (Lipinski definition) is 3. The van der Waals surface area contributed by atoms with Crippen LogP contribution in [-0.2, 0) is 9.47 Å². The zero-order chi connectivity index (χ0) is 9.73. The fraction of sp³-hybridized carbons (Fsp3) is 0.900. The molecular formula is C10H17NO2. The summed E-state index contributed by atoms with van der Waals surface area (Å²) in [5.74, 6) is 0. The van der Waals surface area contributed by atoms with Gasteiger partial charge >= 0.3 is 0 Å². The van der Waals surface area contributed by atoms with E-state index < -0.39 is 6.10 Å². The predicted molar refractivity (Wildman–Crippen MR) is 49.2 cm³/mol. The maximum atomic E-state index is 8.92. The van der Waals surface area contributed by atoms with Gasteiger partial charge in [0.1, 0.15) is 5.60 Å². The summed E-state index contributed by atoms with van der Waals surface area (Å²) >= 11 is 0. The minimum atomic E-state index is -0.419. The van der Waals surface area contributed by atoms with Gasteiger partial charge in [0.05, 0.1) is 6.07 Å². The van der Waals surface area contributed by atoms with Crippen LogP contribution < -0.4 is 0 Å². The van der Waals surface area contributed by atoms with E-state index in [1.165, 1.54) is 6.42 Å². The molecule has 0 aromatic carbocycles. The van der Waals surface area contributed by atoms with Crippen LogP contribution in [0.15, 0.2) is 0 Å². The molecule has 0 amide bonds. The average molecular weight is 183 g/mol. The van der Waals surface area contributed by atoms with Crippen molar-refractivity contribution in [3.05, 3.63) is 0 Å². The van der Waals surface area contributed by atoms with E-state index in [0.717, 1.165) is 25.7 Å². The van der Waals surface area contributed by atoms with E-state index in [-0.39, 0.29) is 5.60 Å². The lowest BCUT2D eigenvalue weighted by molar-refractivity contribution is -0.114. The van der Waals surface area contributed by atoms with Gasteiger partial charge in [0.2, 0.25) is 0 Å². The van der Waals surface area contributed by atoms with Crippen LogP contribution in [-0.4, -0.2) is 25.9 Å². The quantitative estimate of drug-likeness (QED) is 0.670. The fourth-order valence-corrected chi connectivity index (χ4v) is 2.11. The predicted octanol–water partition coefficient (Wildman–Crippen LogP) is 1.87. The first-order valence-corrected chi connectivity index (χ1v) is 4.76. The van der Waals surface area contributed by atoms with Crippen LogP contribution in [0.4, 0.5) is 0 Å². The normalized spacial score (nSPS) is 23.5. The molecule has 0 radical (unpaired) electrons. The van der Waals surface area contributed by atoms with E-state index in [1.807, 2.05) is 0 Å². The Kier molecular flexibility index (Phi) is 3.71. The second kappa shape index (κ2) is 4.59. The Bertz CT molecular complexity index is 192. The average Bonchev–Trinajstić information content (AvgIpc) is 2.21. The highest BCUT2D eigenvalue weighted by Crippen LogP contribution is 2.34. The minimum absolute atomic E-state index is 0.345. The van der Waals surface area contributed by atoms with Crippen LogP contribution in [0.2, 0.25) is 0 Å². The molecule has 0 saturated heterocycles. The maximum absolute atomic E-state index is 8.92. The van der Waals surface area contributed by atoms with Crippen molar-refractivity contribution in [3.8, 4) is 6.07 Å². The summed E-state index contributed by atoms with van der Waals surface area (Å²) in [4.78, 5) is 0. The number of methoxy groups -OCH3 is 2. The van der Waals surface area contributed by atoms with Crippen molar-refractivity contribution < 1.29 is 9.47 Å². The van der Waals surface area contributed by atoms with Gasteiger partial charge in [-0.15, -0.1) is 0 Å². The molecule has 3 heteroatoms. The van der Waals surface area contributed by atoms with Gasteiger partial charge in [-0.05, 0) is 12.8 Å². The summed E-state index contributed by atoms with van der Waals surface area (Å²) in [6, 6.07) is 2.17. The Hall–Kier alpha value is -0.590. The molecule has 1 aliphatic rings. The first-order chi connectivity index (χ1) is 6.29. The molecule has 0 aliphatic heterocycles. The van der Waals surface area contributed by atoms with E-state index in [4.69, 9.17) is 14.7 Å². The Labute approximate surface area is 79.6 Å². The molecule has 13 heavy (non-hydrogen) atoms. The lowest BCUT2D eigenvalue weighted by Gasteiger charge is -2.38. The van der Waals surface area contributed by atoms with Gasteiger partial charge in [-0.2, -0.15) is 5.26 Å². The molecule has 1 saturated carbocycles. The Balaban J connectivity index is 2.72. The summed E-state index contributed by atoms with van der Waals surface area (Å²) in [5.41, 5.74) is -0.345. The molecule has 1 atom stereocenters. The minimum Gasteiger partial charge on any atom is -0.374 e. The number of ether oxygens (including phenoxy) is 2. The van der Waals surface area contributed by atoms with Gasteiger partial charge in [-0.25, -0.2) is 0 Å². The van der Waals surface area contributed by atoms with E-state index in [1.54, 1.807) is 14.2 Å². The highest BCUT2D eigenvalue weighted by atomic mass is 16.5. The molecular weight excluding hydrogens is 166 g/mol. The van der Waals surface area contributed by atoms with Crippen molar-refractivity contribution in [2.45, 2.75) is 43.8 Å². The Morgan fingerprint density at radius 1 is 1.23 bits per heavy atom. The molecule has 1 rings (SSSR count). The van der Waals surface area contributed by atoms with Crippen molar-refractivity contribution in [2.24, 2.45) is 0 Å². The molecule has 0 N–H and O–H groups in total. The molecule has 0 spiro atoms. The van der Waals surface area contributed by atoms with Crippen molar-refractivity contribution in [2.75, 3.05) is 14.2 Å². The van der Waals surface area contributed by atoms with Crippen LogP contribution >= 0.6 is 0 Å².